The van der Waals surface area contributed by atoms with Gasteiger partial charge in [-0.15, -0.1) is 0 Å². The lowest BCUT2D eigenvalue weighted by Crippen LogP contribution is -2.51. The predicted molar refractivity (Wildman–Crippen MR) is 104 cm³/mol. The number of aliphatic hydroxyl groups is 1. The summed E-state index contributed by atoms with van der Waals surface area (Å²) < 4.78 is 5.53. The summed E-state index contributed by atoms with van der Waals surface area (Å²) in [6.07, 6.45) is 0.704. The van der Waals surface area contributed by atoms with Crippen LogP contribution in [0.15, 0.2) is 36.4 Å². The number of hydrogen-bond donors (Lipinski definition) is 3. The van der Waals surface area contributed by atoms with Crippen LogP contribution in [-0.4, -0.2) is 52.5 Å². The number of rotatable bonds is 5. The number of anilines is 2. The van der Waals surface area contributed by atoms with E-state index in [1.165, 1.54) is 5.39 Å². The summed E-state index contributed by atoms with van der Waals surface area (Å²) in [5.74, 6) is 1.80. The van der Waals surface area contributed by atoms with E-state index in [1.54, 1.807) is 0 Å². The Bertz CT molecular complexity index is 911. The summed E-state index contributed by atoms with van der Waals surface area (Å²) in [6.45, 7) is 3.33. The first-order chi connectivity index (χ1) is 13.2. The van der Waals surface area contributed by atoms with E-state index in [4.69, 9.17) is 9.72 Å². The topological polar surface area (TPSA) is 86.3 Å². The third-order valence-corrected chi connectivity index (χ3v) is 5.27. The Morgan fingerprint density at radius 2 is 2.11 bits per heavy atom. The number of hydrogen-bond acceptors (Lipinski definition) is 6. The quantitative estimate of drug-likeness (QED) is 0.643. The number of ether oxygens (including phenoxy) is 1. The van der Waals surface area contributed by atoms with Gasteiger partial charge in [0.1, 0.15) is 5.82 Å². The standard InChI is InChI=1S/C20H23N5O2/c26-16-10-25(11-16)20-23-18(14-5-6-27-12-14)8-19(24-20)21-9-15-7-13-3-1-2-4-17(13)22-15/h1-4,7-8,14,16,22,26H,5-6,9-12H2,(H,21,23,24)/t14-/m0/s1. The molecule has 0 bridgehead atoms. The molecule has 2 aliphatic heterocycles. The first-order valence-electron chi connectivity index (χ1n) is 9.45. The fourth-order valence-electron chi connectivity index (χ4n) is 3.69. The normalized spacial score (nSPS) is 20.2. The van der Waals surface area contributed by atoms with Crippen LogP contribution in [-0.2, 0) is 11.3 Å². The van der Waals surface area contributed by atoms with Crippen molar-refractivity contribution in [3.63, 3.8) is 0 Å². The molecule has 0 unspecified atom stereocenters. The maximum Gasteiger partial charge on any atom is 0.227 e. The number of nitrogens with zero attached hydrogens (tertiary/aromatic N) is 3. The number of β-amino-alcohol motifs (C(OH)–C–C–N with tert-alkyl or cyclic N) is 1. The van der Waals surface area contributed by atoms with Gasteiger partial charge in [0.2, 0.25) is 5.95 Å². The molecule has 7 nitrogen and oxygen atoms in total. The van der Waals surface area contributed by atoms with Crippen molar-refractivity contribution in [1.29, 1.82) is 0 Å². The predicted octanol–water partition coefficient (Wildman–Crippen LogP) is 2.25. The first kappa shape index (κ1) is 16.5. The molecule has 1 atom stereocenters. The number of para-hydroxylation sites is 1. The molecular formula is C20H23N5O2. The van der Waals surface area contributed by atoms with E-state index in [0.29, 0.717) is 38.1 Å². The van der Waals surface area contributed by atoms with E-state index in [9.17, 15) is 5.11 Å². The summed E-state index contributed by atoms with van der Waals surface area (Å²) in [7, 11) is 0. The number of aromatic nitrogens is 3. The highest BCUT2D eigenvalue weighted by molar-refractivity contribution is 5.80. The number of aromatic amines is 1. The van der Waals surface area contributed by atoms with Crippen molar-refractivity contribution < 1.29 is 9.84 Å². The molecule has 0 radical (unpaired) electrons. The van der Waals surface area contributed by atoms with Crippen LogP contribution >= 0.6 is 0 Å². The van der Waals surface area contributed by atoms with Gasteiger partial charge in [-0.25, -0.2) is 4.98 Å². The highest BCUT2D eigenvalue weighted by atomic mass is 16.5. The van der Waals surface area contributed by atoms with Crippen LogP contribution in [0.25, 0.3) is 10.9 Å². The monoisotopic (exact) mass is 365 g/mol. The van der Waals surface area contributed by atoms with Crippen molar-refractivity contribution in [1.82, 2.24) is 15.0 Å². The molecule has 0 saturated carbocycles. The summed E-state index contributed by atoms with van der Waals surface area (Å²) in [5.41, 5.74) is 3.26. The van der Waals surface area contributed by atoms with Gasteiger partial charge in [0.15, 0.2) is 0 Å². The Balaban J connectivity index is 1.38. The minimum Gasteiger partial charge on any atom is -0.389 e. The molecule has 1 aromatic carbocycles. The second kappa shape index (κ2) is 6.83. The van der Waals surface area contributed by atoms with Gasteiger partial charge < -0.3 is 25.0 Å². The zero-order valence-corrected chi connectivity index (χ0v) is 15.1. The molecule has 7 heteroatoms. The van der Waals surface area contributed by atoms with Gasteiger partial charge >= 0.3 is 0 Å². The molecule has 2 saturated heterocycles. The van der Waals surface area contributed by atoms with Gasteiger partial charge in [-0.2, -0.15) is 4.98 Å². The molecule has 3 N–H and O–H groups in total. The summed E-state index contributed by atoms with van der Waals surface area (Å²) >= 11 is 0. The number of aliphatic hydroxyl groups excluding tert-OH is 1. The van der Waals surface area contributed by atoms with Gasteiger partial charge in [0, 0.05) is 42.9 Å². The van der Waals surface area contributed by atoms with E-state index in [1.807, 2.05) is 23.1 Å². The molecule has 4 heterocycles. The fourth-order valence-corrected chi connectivity index (χ4v) is 3.69. The summed E-state index contributed by atoms with van der Waals surface area (Å²) in [6, 6.07) is 12.4. The van der Waals surface area contributed by atoms with E-state index in [-0.39, 0.29) is 6.10 Å². The molecule has 2 aromatic heterocycles. The summed E-state index contributed by atoms with van der Waals surface area (Å²) in [4.78, 5) is 14.8. The van der Waals surface area contributed by atoms with Gasteiger partial charge in [-0.1, -0.05) is 18.2 Å². The van der Waals surface area contributed by atoms with Crippen LogP contribution in [0.2, 0.25) is 0 Å². The van der Waals surface area contributed by atoms with Crippen molar-refractivity contribution in [3.8, 4) is 0 Å². The number of fused-ring (bicyclic) bond motifs is 1. The molecule has 27 heavy (non-hydrogen) atoms. The highest BCUT2D eigenvalue weighted by Gasteiger charge is 2.28. The van der Waals surface area contributed by atoms with Crippen LogP contribution in [0, 0.1) is 0 Å². The number of H-pyrrole nitrogens is 1. The second-order valence-electron chi connectivity index (χ2n) is 7.33. The molecule has 5 rings (SSSR count). The Morgan fingerprint density at radius 1 is 1.22 bits per heavy atom. The molecule has 3 aromatic rings. The Labute approximate surface area is 157 Å². The molecular weight excluding hydrogens is 342 g/mol. The van der Waals surface area contributed by atoms with Crippen LogP contribution in [0.4, 0.5) is 11.8 Å². The maximum atomic E-state index is 9.61. The van der Waals surface area contributed by atoms with Crippen LogP contribution in [0.5, 0.6) is 0 Å². The Kier molecular flexibility index (Phi) is 4.18. The highest BCUT2D eigenvalue weighted by Crippen LogP contribution is 2.28. The van der Waals surface area contributed by atoms with E-state index in [2.05, 4.69) is 33.5 Å². The zero-order chi connectivity index (χ0) is 18.2. The van der Waals surface area contributed by atoms with Crippen LogP contribution in [0.3, 0.4) is 0 Å². The van der Waals surface area contributed by atoms with Crippen molar-refractivity contribution in [2.24, 2.45) is 0 Å². The van der Waals surface area contributed by atoms with Crippen LogP contribution in [0.1, 0.15) is 23.7 Å². The van der Waals surface area contributed by atoms with E-state index >= 15 is 0 Å². The molecule has 140 valence electrons. The lowest BCUT2D eigenvalue weighted by atomic mass is 10.0. The Hall–Kier alpha value is -2.64. The van der Waals surface area contributed by atoms with E-state index in [0.717, 1.165) is 35.8 Å². The van der Waals surface area contributed by atoms with Gasteiger partial charge in [-0.05, 0) is 23.9 Å². The minimum absolute atomic E-state index is 0.283. The van der Waals surface area contributed by atoms with Gasteiger partial charge in [0.25, 0.3) is 0 Å². The number of benzene rings is 1. The Morgan fingerprint density at radius 3 is 2.89 bits per heavy atom. The molecule has 0 amide bonds. The van der Waals surface area contributed by atoms with Crippen molar-refractivity contribution in [3.05, 3.63) is 47.8 Å². The van der Waals surface area contributed by atoms with Crippen molar-refractivity contribution in [2.75, 3.05) is 36.5 Å². The second-order valence-corrected chi connectivity index (χ2v) is 7.33. The lowest BCUT2D eigenvalue weighted by Gasteiger charge is -2.36. The molecule has 0 spiro atoms. The minimum atomic E-state index is -0.283. The fraction of sp³-hybridized carbons (Fsp3) is 0.400. The molecule has 2 aliphatic rings. The SMILES string of the molecule is OC1CN(c2nc(NCc3cc4ccccc4[nH]3)cc([C@H]3CCOC3)n2)C1. The van der Waals surface area contributed by atoms with Gasteiger partial charge in [0.05, 0.1) is 24.9 Å². The molecule has 0 aliphatic carbocycles. The average Bonchev–Trinajstić information content (AvgIpc) is 3.33. The first-order valence-corrected chi connectivity index (χ1v) is 9.45. The third kappa shape index (κ3) is 3.36. The lowest BCUT2D eigenvalue weighted by molar-refractivity contribution is 0.140. The van der Waals surface area contributed by atoms with E-state index < -0.39 is 0 Å². The van der Waals surface area contributed by atoms with Crippen LogP contribution < -0.4 is 10.2 Å². The van der Waals surface area contributed by atoms with Gasteiger partial charge in [-0.3, -0.25) is 0 Å². The largest absolute Gasteiger partial charge is 0.389 e. The zero-order valence-electron chi connectivity index (χ0n) is 15.1. The number of nitrogens with one attached hydrogen (secondary N) is 2. The smallest absolute Gasteiger partial charge is 0.227 e. The summed E-state index contributed by atoms with van der Waals surface area (Å²) in [5, 5.41) is 14.2. The average molecular weight is 365 g/mol. The molecule has 2 fully saturated rings. The van der Waals surface area contributed by atoms with Crippen molar-refractivity contribution >= 4 is 22.7 Å². The third-order valence-electron chi connectivity index (χ3n) is 5.27. The maximum absolute atomic E-state index is 9.61. The van der Waals surface area contributed by atoms with Crippen molar-refractivity contribution in [2.45, 2.75) is 25.0 Å².